The summed E-state index contributed by atoms with van der Waals surface area (Å²) in [5, 5.41) is 2.82. The van der Waals surface area contributed by atoms with Crippen molar-refractivity contribution in [1.29, 1.82) is 0 Å². The van der Waals surface area contributed by atoms with E-state index in [4.69, 9.17) is 4.74 Å². The summed E-state index contributed by atoms with van der Waals surface area (Å²) in [7, 11) is -1.90. The normalized spacial score (nSPS) is 12.2. The Labute approximate surface area is 145 Å². The van der Waals surface area contributed by atoms with Crippen LogP contribution in [0.1, 0.15) is 39.2 Å². The van der Waals surface area contributed by atoms with Crippen LogP contribution < -0.4 is 10.0 Å². The van der Waals surface area contributed by atoms with E-state index in [0.717, 1.165) is 12.0 Å². The van der Waals surface area contributed by atoms with Gasteiger partial charge < -0.3 is 10.1 Å². The molecule has 6 nitrogen and oxygen atoms in total. The topological polar surface area (TPSA) is 84.5 Å². The molecule has 0 unspecified atom stereocenters. The largest absolute Gasteiger partial charge is 0.385 e. The molecule has 7 heteroatoms. The number of benzene rings is 1. The van der Waals surface area contributed by atoms with Gasteiger partial charge in [-0.05, 0) is 51.3 Å². The lowest BCUT2D eigenvalue weighted by Gasteiger charge is -2.20. The zero-order chi connectivity index (χ0) is 18.2. The molecule has 0 aliphatic heterocycles. The van der Waals surface area contributed by atoms with E-state index in [9.17, 15) is 13.2 Å². The van der Waals surface area contributed by atoms with E-state index in [1.54, 1.807) is 52.1 Å². The van der Waals surface area contributed by atoms with Gasteiger partial charge in [-0.25, -0.2) is 13.1 Å². The molecule has 1 rings (SSSR count). The molecule has 0 heterocycles. The van der Waals surface area contributed by atoms with Crippen LogP contribution >= 0.6 is 0 Å². The van der Waals surface area contributed by atoms with Crippen LogP contribution in [-0.2, 0) is 26.0 Å². The van der Waals surface area contributed by atoms with Gasteiger partial charge in [-0.15, -0.1) is 0 Å². The number of rotatable bonds is 9. The monoisotopic (exact) mass is 356 g/mol. The fraction of sp³-hybridized carbons (Fsp3) is 0.588. The van der Waals surface area contributed by atoms with Crippen molar-refractivity contribution in [3.63, 3.8) is 0 Å². The zero-order valence-electron chi connectivity index (χ0n) is 14.9. The van der Waals surface area contributed by atoms with Gasteiger partial charge in [0.2, 0.25) is 15.9 Å². The molecule has 1 amide bonds. The number of carbonyl (C=O) groups is 1. The molecule has 0 aliphatic rings. The number of hydrogen-bond donors (Lipinski definition) is 2. The predicted molar refractivity (Wildman–Crippen MR) is 94.3 cm³/mol. The number of carbonyl (C=O) groups excluding carboxylic acids is 1. The molecule has 136 valence electrons. The third kappa shape index (κ3) is 7.90. The molecule has 0 atom stereocenters. The highest BCUT2D eigenvalue weighted by Crippen LogP contribution is 2.14. The van der Waals surface area contributed by atoms with E-state index in [2.05, 4.69) is 10.0 Å². The molecule has 1 aromatic carbocycles. The Morgan fingerprint density at radius 2 is 1.79 bits per heavy atom. The zero-order valence-corrected chi connectivity index (χ0v) is 15.7. The van der Waals surface area contributed by atoms with Crippen LogP contribution in [0.4, 0.5) is 0 Å². The Morgan fingerprint density at radius 1 is 1.17 bits per heavy atom. The van der Waals surface area contributed by atoms with Gasteiger partial charge in [0.1, 0.15) is 0 Å². The van der Waals surface area contributed by atoms with E-state index in [1.165, 1.54) is 0 Å². The molecular weight excluding hydrogens is 328 g/mol. The molecule has 2 N–H and O–H groups in total. The number of aryl methyl sites for hydroxylation is 1. The molecule has 0 fully saturated rings. The van der Waals surface area contributed by atoms with Crippen LogP contribution in [0.2, 0.25) is 0 Å². The van der Waals surface area contributed by atoms with E-state index in [-0.39, 0.29) is 10.8 Å². The Bertz CT molecular complexity index is 619. The van der Waals surface area contributed by atoms with Crippen LogP contribution in [-0.4, -0.2) is 40.1 Å². The first-order valence-electron chi connectivity index (χ1n) is 8.02. The summed E-state index contributed by atoms with van der Waals surface area (Å²) in [4.78, 5) is 11.9. The molecule has 0 bridgehead atoms. The number of amides is 1. The molecule has 0 aromatic heterocycles. The first-order valence-corrected chi connectivity index (χ1v) is 9.51. The van der Waals surface area contributed by atoms with Crippen molar-refractivity contribution in [2.75, 3.05) is 20.3 Å². The van der Waals surface area contributed by atoms with E-state index >= 15 is 0 Å². The fourth-order valence-electron chi connectivity index (χ4n) is 2.09. The smallest absolute Gasteiger partial charge is 0.241 e. The second-order valence-electron chi connectivity index (χ2n) is 6.70. The van der Waals surface area contributed by atoms with Gasteiger partial charge in [0.05, 0.1) is 4.90 Å². The number of methoxy groups -OCH3 is 1. The number of nitrogens with one attached hydrogen (secondary N) is 2. The Hall–Kier alpha value is -1.44. The summed E-state index contributed by atoms with van der Waals surface area (Å²) in [6, 6.07) is 6.63. The number of hydrogen-bond acceptors (Lipinski definition) is 4. The second kappa shape index (κ2) is 9.15. The molecule has 0 saturated heterocycles. The van der Waals surface area contributed by atoms with E-state index in [1.807, 2.05) is 0 Å². The van der Waals surface area contributed by atoms with Crippen LogP contribution in [0.25, 0.3) is 0 Å². The standard InChI is InChI=1S/C17H28N2O4S/c1-17(2,3)19-24(21,22)15-9-6-14(7-10-15)8-11-16(20)18-12-5-13-23-4/h6-7,9-10,19H,5,8,11-13H2,1-4H3,(H,18,20). The van der Waals surface area contributed by atoms with Crippen molar-refractivity contribution in [2.24, 2.45) is 0 Å². The maximum absolute atomic E-state index is 12.2. The third-order valence-electron chi connectivity index (χ3n) is 3.16. The van der Waals surface area contributed by atoms with Crippen molar-refractivity contribution < 1.29 is 17.9 Å². The lowest BCUT2D eigenvalue weighted by Crippen LogP contribution is -2.40. The highest BCUT2D eigenvalue weighted by molar-refractivity contribution is 7.89. The summed E-state index contributed by atoms with van der Waals surface area (Å²) in [5.74, 6) is -0.0165. The SMILES string of the molecule is COCCCNC(=O)CCc1ccc(S(=O)(=O)NC(C)(C)C)cc1. The van der Waals surface area contributed by atoms with E-state index in [0.29, 0.717) is 26.0 Å². The minimum absolute atomic E-state index is 0.0165. The maximum Gasteiger partial charge on any atom is 0.241 e. The quantitative estimate of drug-likeness (QED) is 0.661. The summed E-state index contributed by atoms with van der Waals surface area (Å²) in [5.41, 5.74) is 0.398. The van der Waals surface area contributed by atoms with Crippen molar-refractivity contribution >= 4 is 15.9 Å². The summed E-state index contributed by atoms with van der Waals surface area (Å²) in [6.45, 7) is 6.61. The Kier molecular flexibility index (Phi) is 7.86. The van der Waals surface area contributed by atoms with Crippen molar-refractivity contribution in [3.05, 3.63) is 29.8 Å². The van der Waals surface area contributed by atoms with Crippen LogP contribution in [0.15, 0.2) is 29.2 Å². The molecule has 1 aromatic rings. The molecule has 0 saturated carbocycles. The third-order valence-corrected chi connectivity index (χ3v) is 4.94. The summed E-state index contributed by atoms with van der Waals surface area (Å²) in [6.07, 6.45) is 1.73. The first-order chi connectivity index (χ1) is 11.1. The Balaban J connectivity index is 2.52. The van der Waals surface area contributed by atoms with Gasteiger partial charge in [-0.3, -0.25) is 4.79 Å². The molecule has 0 aliphatic carbocycles. The molecule has 24 heavy (non-hydrogen) atoms. The van der Waals surface area contributed by atoms with Crippen LogP contribution in [0, 0.1) is 0 Å². The predicted octanol–water partition coefficient (Wildman–Crippen LogP) is 1.85. The number of ether oxygens (including phenoxy) is 1. The van der Waals surface area contributed by atoms with Crippen molar-refractivity contribution in [2.45, 2.75) is 50.5 Å². The molecule has 0 spiro atoms. The molecular formula is C17H28N2O4S. The lowest BCUT2D eigenvalue weighted by atomic mass is 10.1. The van der Waals surface area contributed by atoms with Crippen LogP contribution in [0.3, 0.4) is 0 Å². The highest BCUT2D eigenvalue weighted by Gasteiger charge is 2.21. The van der Waals surface area contributed by atoms with Gasteiger partial charge in [-0.2, -0.15) is 0 Å². The highest BCUT2D eigenvalue weighted by atomic mass is 32.2. The maximum atomic E-state index is 12.2. The minimum Gasteiger partial charge on any atom is -0.385 e. The second-order valence-corrected chi connectivity index (χ2v) is 8.38. The van der Waals surface area contributed by atoms with E-state index < -0.39 is 15.6 Å². The summed E-state index contributed by atoms with van der Waals surface area (Å²) >= 11 is 0. The van der Waals surface area contributed by atoms with Crippen molar-refractivity contribution in [3.8, 4) is 0 Å². The molecule has 0 radical (unpaired) electrons. The fourth-order valence-corrected chi connectivity index (χ4v) is 3.51. The van der Waals surface area contributed by atoms with Gasteiger partial charge in [0, 0.05) is 32.2 Å². The lowest BCUT2D eigenvalue weighted by molar-refractivity contribution is -0.121. The average Bonchev–Trinajstić information content (AvgIpc) is 2.47. The van der Waals surface area contributed by atoms with Gasteiger partial charge in [0.15, 0.2) is 0 Å². The first kappa shape index (κ1) is 20.6. The summed E-state index contributed by atoms with van der Waals surface area (Å²) < 4.78 is 32.0. The van der Waals surface area contributed by atoms with Gasteiger partial charge in [-0.1, -0.05) is 12.1 Å². The number of sulfonamides is 1. The van der Waals surface area contributed by atoms with Gasteiger partial charge >= 0.3 is 0 Å². The Morgan fingerprint density at radius 3 is 2.33 bits per heavy atom. The average molecular weight is 356 g/mol. The van der Waals surface area contributed by atoms with Crippen molar-refractivity contribution in [1.82, 2.24) is 10.0 Å². The minimum atomic E-state index is -3.52. The van der Waals surface area contributed by atoms with Crippen LogP contribution in [0.5, 0.6) is 0 Å². The van der Waals surface area contributed by atoms with Gasteiger partial charge in [0.25, 0.3) is 0 Å².